The van der Waals surface area contributed by atoms with Crippen molar-refractivity contribution in [1.82, 2.24) is 26.3 Å². The standard InChI is InChI=1S/C25H27ClN6O3.C18H20N2O3.ClH/c1-29-23(33)15-35-22-12-17(24(27)28)2-3-18(22)14-32-25(34)20-13-19(26)4-5-21(20)31-11-8-16-6-9-30-10-7-16;1-13-8-9-15(16(10-13)23-12-17(21)19-2)11-20-18(22)14-6-4-3-5-7-14;/h2-7,9-10,12-13,31H,8,11,14-15H2,1H3,(H3,27,28)(H,29,33)(H,32,34);3-10H,11-12H2,1-2H3,(H,19,21)(H,20,22);1H. The van der Waals surface area contributed by atoms with Gasteiger partial charge in [-0.3, -0.25) is 29.6 Å². The number of nitrogens with two attached hydrogens (primary N) is 1. The molecule has 1 heterocycles. The number of aromatic nitrogens is 1. The highest BCUT2D eigenvalue weighted by atomic mass is 35.5. The van der Waals surface area contributed by atoms with Gasteiger partial charge in [-0.2, -0.15) is 0 Å². The summed E-state index contributed by atoms with van der Waals surface area (Å²) in [5.74, 6) is -0.173. The summed E-state index contributed by atoms with van der Waals surface area (Å²) in [4.78, 5) is 52.1. The maximum atomic E-state index is 13.0. The minimum absolute atomic E-state index is 0. The summed E-state index contributed by atoms with van der Waals surface area (Å²) in [7, 11) is 3.06. The van der Waals surface area contributed by atoms with Gasteiger partial charge in [-0.05, 0) is 79.1 Å². The Kier molecular flexibility index (Phi) is 19.2. The quantitative estimate of drug-likeness (QED) is 0.0484. The number of nitrogen functional groups attached to an aromatic ring is 1. The van der Waals surface area contributed by atoms with Crippen LogP contribution in [0.2, 0.25) is 5.02 Å². The largest absolute Gasteiger partial charge is 0.483 e. The topological polar surface area (TPSA) is 210 Å². The minimum atomic E-state index is -0.327. The van der Waals surface area contributed by atoms with Crippen LogP contribution in [0.1, 0.15) is 48.5 Å². The zero-order chi connectivity index (χ0) is 41.9. The van der Waals surface area contributed by atoms with E-state index < -0.39 is 0 Å². The maximum absolute atomic E-state index is 13.0. The van der Waals surface area contributed by atoms with Crippen LogP contribution in [0.5, 0.6) is 11.5 Å². The van der Waals surface area contributed by atoms with E-state index in [9.17, 15) is 19.2 Å². The summed E-state index contributed by atoms with van der Waals surface area (Å²) in [5.41, 5.74) is 11.3. The first kappa shape index (κ1) is 46.7. The van der Waals surface area contributed by atoms with Crippen molar-refractivity contribution in [2.75, 3.05) is 39.2 Å². The van der Waals surface area contributed by atoms with Crippen LogP contribution in [0.15, 0.2) is 109 Å². The normalized spacial score (nSPS) is 10.0. The van der Waals surface area contributed by atoms with Crippen molar-refractivity contribution >= 4 is 59.2 Å². The lowest BCUT2D eigenvalue weighted by atomic mass is 10.1. The third-order valence-electron chi connectivity index (χ3n) is 8.50. The average Bonchev–Trinajstić information content (AvgIpc) is 3.24. The van der Waals surface area contributed by atoms with Crippen molar-refractivity contribution in [1.29, 1.82) is 5.41 Å². The van der Waals surface area contributed by atoms with Crippen molar-refractivity contribution in [3.05, 3.63) is 153 Å². The fourth-order valence-corrected chi connectivity index (χ4v) is 5.43. The molecule has 0 bridgehead atoms. The van der Waals surface area contributed by atoms with E-state index in [0.29, 0.717) is 57.6 Å². The number of aryl methyl sites for hydroxylation is 1. The van der Waals surface area contributed by atoms with Crippen LogP contribution in [0.25, 0.3) is 0 Å². The first-order valence-electron chi connectivity index (χ1n) is 18.2. The molecule has 5 aromatic rings. The van der Waals surface area contributed by atoms with Crippen molar-refractivity contribution in [3.63, 3.8) is 0 Å². The number of nitrogens with zero attached hydrogens (tertiary/aromatic N) is 1. The molecule has 0 unspecified atom stereocenters. The smallest absolute Gasteiger partial charge is 0.257 e. The Morgan fingerprint density at radius 3 is 1.93 bits per heavy atom. The molecule has 0 aliphatic rings. The van der Waals surface area contributed by atoms with E-state index in [-0.39, 0.29) is 61.6 Å². The van der Waals surface area contributed by atoms with Gasteiger partial charge in [-0.25, -0.2) is 0 Å². The number of carbonyl (C=O) groups is 4. The van der Waals surface area contributed by atoms with Crippen LogP contribution in [-0.2, 0) is 29.1 Å². The Bertz CT molecular complexity index is 2190. The molecule has 1 aromatic heterocycles. The second-order valence-corrected chi connectivity index (χ2v) is 13.2. The first-order valence-corrected chi connectivity index (χ1v) is 18.6. The number of anilines is 1. The van der Waals surface area contributed by atoms with Crippen LogP contribution in [0.3, 0.4) is 0 Å². The average molecular weight is 844 g/mol. The lowest BCUT2D eigenvalue weighted by molar-refractivity contribution is -0.123. The third kappa shape index (κ3) is 15.3. The molecule has 0 aliphatic heterocycles. The lowest BCUT2D eigenvalue weighted by Gasteiger charge is -2.15. The van der Waals surface area contributed by atoms with Crippen molar-refractivity contribution in [2.45, 2.75) is 26.4 Å². The fourth-order valence-electron chi connectivity index (χ4n) is 5.26. The van der Waals surface area contributed by atoms with E-state index in [2.05, 4.69) is 31.6 Å². The van der Waals surface area contributed by atoms with Crippen molar-refractivity contribution in [3.8, 4) is 11.5 Å². The fraction of sp³-hybridized carbons (Fsp3) is 0.209. The summed E-state index contributed by atoms with van der Waals surface area (Å²) in [6, 6.07) is 28.6. The van der Waals surface area contributed by atoms with E-state index in [0.717, 1.165) is 23.1 Å². The molecular weight excluding hydrogens is 795 g/mol. The third-order valence-corrected chi connectivity index (χ3v) is 8.73. The summed E-state index contributed by atoms with van der Waals surface area (Å²) in [5, 5.41) is 22.1. The highest BCUT2D eigenvalue weighted by Gasteiger charge is 2.15. The minimum Gasteiger partial charge on any atom is -0.483 e. The molecule has 5 rings (SSSR count). The van der Waals surface area contributed by atoms with Crippen LogP contribution >= 0.6 is 24.0 Å². The van der Waals surface area contributed by atoms with Crippen LogP contribution < -0.4 is 41.8 Å². The molecule has 0 spiro atoms. The number of carbonyl (C=O) groups excluding carboxylic acids is 4. The van der Waals surface area contributed by atoms with E-state index in [1.54, 1.807) is 68.0 Å². The summed E-state index contributed by atoms with van der Waals surface area (Å²) < 4.78 is 11.1. The zero-order valence-corrected chi connectivity index (χ0v) is 34.5. The van der Waals surface area contributed by atoms with Crippen LogP contribution in [0, 0.1) is 12.3 Å². The monoisotopic (exact) mass is 842 g/mol. The highest BCUT2D eigenvalue weighted by Crippen LogP contribution is 2.24. The number of amides is 4. The predicted octanol–water partition coefficient (Wildman–Crippen LogP) is 5.20. The van der Waals surface area contributed by atoms with Gasteiger partial charge < -0.3 is 41.8 Å². The highest BCUT2D eigenvalue weighted by molar-refractivity contribution is 6.31. The van der Waals surface area contributed by atoms with Gasteiger partial charge in [0.05, 0.1) is 5.56 Å². The van der Waals surface area contributed by atoms with Crippen molar-refractivity contribution in [2.24, 2.45) is 5.73 Å². The molecule has 0 atom stereocenters. The van der Waals surface area contributed by atoms with Crippen LogP contribution in [-0.4, -0.2) is 68.3 Å². The number of hydrogen-bond donors (Lipinski definition) is 7. The number of halogens is 2. The predicted molar refractivity (Wildman–Crippen MR) is 232 cm³/mol. The molecular formula is C43H48Cl2N8O6. The van der Waals surface area contributed by atoms with Gasteiger partial charge in [-0.15, -0.1) is 12.4 Å². The molecule has 4 amide bonds. The molecule has 16 heteroatoms. The molecule has 59 heavy (non-hydrogen) atoms. The van der Waals surface area contributed by atoms with E-state index in [1.165, 1.54) is 7.05 Å². The van der Waals surface area contributed by atoms with E-state index >= 15 is 0 Å². The molecule has 4 aromatic carbocycles. The number of pyridine rings is 1. The molecule has 8 N–H and O–H groups in total. The van der Waals surface area contributed by atoms with Gasteiger partial charge in [-0.1, -0.05) is 54.1 Å². The SMILES string of the molecule is CNC(=O)COc1cc(C(=N)N)ccc1CNC(=O)c1cc(Cl)ccc1NCCc1ccncc1.CNC(=O)COc1cc(C)ccc1CNC(=O)c1ccccc1.Cl. The molecule has 0 aliphatic carbocycles. The second kappa shape index (κ2) is 24.2. The Labute approximate surface area is 354 Å². The molecule has 0 radical (unpaired) electrons. The molecule has 310 valence electrons. The number of amidine groups is 1. The van der Waals surface area contributed by atoms with Crippen LogP contribution in [0.4, 0.5) is 5.69 Å². The Hall–Kier alpha value is -6.64. The maximum Gasteiger partial charge on any atom is 0.257 e. The second-order valence-electron chi connectivity index (χ2n) is 12.7. The van der Waals surface area contributed by atoms with Gasteiger partial charge >= 0.3 is 0 Å². The summed E-state index contributed by atoms with van der Waals surface area (Å²) in [6.45, 7) is 2.76. The van der Waals surface area contributed by atoms with Crippen molar-refractivity contribution < 1.29 is 28.7 Å². The van der Waals surface area contributed by atoms with Gasteiger partial charge in [0.1, 0.15) is 17.3 Å². The molecule has 0 saturated heterocycles. The van der Waals surface area contributed by atoms with Gasteiger partial charge in [0.15, 0.2) is 13.2 Å². The number of nitrogens with one attached hydrogen (secondary N) is 6. The van der Waals surface area contributed by atoms with E-state index in [4.69, 9.17) is 32.2 Å². The van der Waals surface area contributed by atoms with Gasteiger partial charge in [0.25, 0.3) is 23.6 Å². The van der Waals surface area contributed by atoms with E-state index in [1.807, 2.05) is 55.5 Å². The zero-order valence-electron chi connectivity index (χ0n) is 32.9. The molecule has 0 saturated carbocycles. The Morgan fingerprint density at radius 2 is 1.32 bits per heavy atom. The summed E-state index contributed by atoms with van der Waals surface area (Å²) in [6.07, 6.45) is 4.25. The Balaban J connectivity index is 0.000000337. The Morgan fingerprint density at radius 1 is 0.729 bits per heavy atom. The number of rotatable bonds is 17. The first-order chi connectivity index (χ1) is 28.0. The molecule has 14 nitrogen and oxygen atoms in total. The summed E-state index contributed by atoms with van der Waals surface area (Å²) >= 11 is 6.16. The lowest BCUT2D eigenvalue weighted by Crippen LogP contribution is -2.27. The van der Waals surface area contributed by atoms with Gasteiger partial charge in [0, 0.05) is 79.1 Å². The number of ether oxygens (including phenoxy) is 2. The number of likely N-dealkylation sites (N-methyl/N-ethyl adjacent to an activating group) is 2. The molecule has 0 fully saturated rings. The number of hydrogen-bond acceptors (Lipinski definition) is 9. The number of benzene rings is 4. The van der Waals surface area contributed by atoms with Gasteiger partial charge in [0.2, 0.25) is 0 Å².